The summed E-state index contributed by atoms with van der Waals surface area (Å²) in [6, 6.07) is 3.02. The van der Waals surface area contributed by atoms with Crippen LogP contribution in [0.1, 0.15) is 37.3 Å². The van der Waals surface area contributed by atoms with Gasteiger partial charge in [-0.2, -0.15) is 0 Å². The number of carbonyl (C=O) groups excluding carboxylic acids is 6. The van der Waals surface area contributed by atoms with Gasteiger partial charge in [-0.05, 0) is 39.1 Å². The molecule has 1 fully saturated rings. The van der Waals surface area contributed by atoms with Crippen molar-refractivity contribution in [3.05, 3.63) is 46.2 Å². The minimum absolute atomic E-state index is 0.170. The Morgan fingerprint density at radius 3 is 2.00 bits per heavy atom. The standard InChI is InChI=1S/C22H24N2O8.C6H8O7/c1-21(31)8-5-4-6-11(25)12(8)16(26)13-9(21)7-10-15(24(2)3)17(27)14(20(23)30)19(29)22(10,32)18(13)28;7-3(8)1-6(13,5(11)12)2-4(9)10/h4-6,9-10,15,25-26,29,31-32H,7H2,1-3H3,(H2,23,30);13H,1-2H2,(H,7,8)(H,9,10)(H,11,12)/p-3/t9-,10-,15-,21+,22-;/m0./s1. The molecule has 17 heteroatoms. The zero-order valence-corrected chi connectivity index (χ0v) is 24.0. The number of aliphatic hydroxyl groups excluding tert-OH is 2. The molecule has 8 N–H and O–H groups in total. The van der Waals surface area contributed by atoms with Crippen LogP contribution in [0.2, 0.25) is 0 Å². The molecular formula is C28H29N2O15-3. The summed E-state index contributed by atoms with van der Waals surface area (Å²) >= 11 is 0. The molecule has 17 nitrogen and oxygen atoms in total. The maximum atomic E-state index is 13.7. The third-order valence-electron chi connectivity index (χ3n) is 8.27. The second-order valence-electron chi connectivity index (χ2n) is 11.4. The zero-order chi connectivity index (χ0) is 34.6. The van der Waals surface area contributed by atoms with Gasteiger partial charge in [0, 0.05) is 42.2 Å². The number of rotatable bonds is 7. The van der Waals surface area contributed by atoms with Crippen molar-refractivity contribution < 1.29 is 74.7 Å². The van der Waals surface area contributed by atoms with Gasteiger partial charge in [-0.15, -0.1) is 0 Å². The van der Waals surface area contributed by atoms with Crippen molar-refractivity contribution in [2.45, 2.75) is 49.0 Å². The summed E-state index contributed by atoms with van der Waals surface area (Å²) in [5.41, 5.74) is -3.52. The summed E-state index contributed by atoms with van der Waals surface area (Å²) in [4.78, 5) is 70.0. The number of likely N-dealkylation sites (N-methyl/N-ethyl adjacent to an activating group) is 1. The predicted octanol–water partition coefficient (Wildman–Crippen LogP) is -5.62. The van der Waals surface area contributed by atoms with Crippen molar-refractivity contribution in [2.75, 3.05) is 14.1 Å². The fourth-order valence-electron chi connectivity index (χ4n) is 6.19. The molecule has 1 amide bonds. The van der Waals surface area contributed by atoms with Crippen molar-refractivity contribution >= 4 is 41.1 Å². The highest BCUT2D eigenvalue weighted by molar-refractivity contribution is 6.24. The van der Waals surface area contributed by atoms with Crippen LogP contribution in [-0.2, 0) is 34.4 Å². The van der Waals surface area contributed by atoms with Gasteiger partial charge in [0.2, 0.25) is 5.78 Å². The Morgan fingerprint density at radius 2 is 1.56 bits per heavy atom. The van der Waals surface area contributed by atoms with E-state index in [0.717, 1.165) is 0 Å². The van der Waals surface area contributed by atoms with E-state index in [-0.39, 0.29) is 17.5 Å². The minimum atomic E-state index is -2.97. The second kappa shape index (κ2) is 11.6. The smallest absolute Gasteiger partial charge is 0.255 e. The summed E-state index contributed by atoms with van der Waals surface area (Å²) in [6.07, 6.45) is -2.92. The lowest BCUT2D eigenvalue weighted by molar-refractivity contribution is -0.339. The molecule has 3 aliphatic carbocycles. The van der Waals surface area contributed by atoms with Crippen LogP contribution >= 0.6 is 0 Å². The molecule has 0 heterocycles. The zero-order valence-electron chi connectivity index (χ0n) is 24.0. The lowest BCUT2D eigenvalue weighted by atomic mass is 9.54. The van der Waals surface area contributed by atoms with E-state index in [2.05, 4.69) is 0 Å². The van der Waals surface area contributed by atoms with Gasteiger partial charge in [-0.25, -0.2) is 0 Å². The molecular weight excluding hydrogens is 604 g/mol. The number of amides is 1. The van der Waals surface area contributed by atoms with Crippen LogP contribution in [-0.4, -0.2) is 102 Å². The minimum Gasteiger partial charge on any atom is -0.550 e. The van der Waals surface area contributed by atoms with Gasteiger partial charge in [0.05, 0.1) is 23.2 Å². The number of aromatic hydroxyl groups is 1. The van der Waals surface area contributed by atoms with Crippen LogP contribution in [0.15, 0.2) is 35.1 Å². The Bertz CT molecular complexity index is 1560. The van der Waals surface area contributed by atoms with Crippen LogP contribution < -0.4 is 21.1 Å². The van der Waals surface area contributed by atoms with E-state index in [0.29, 0.717) is 0 Å². The first kappa shape index (κ1) is 34.6. The molecule has 0 bridgehead atoms. The number of primary amides is 1. The highest BCUT2D eigenvalue weighted by atomic mass is 16.4. The Morgan fingerprint density at radius 1 is 1.02 bits per heavy atom. The van der Waals surface area contributed by atoms with Gasteiger partial charge in [-0.3, -0.25) is 19.3 Å². The maximum absolute atomic E-state index is 13.7. The number of Topliss-reactive ketones (excluding diaryl/α,β-unsaturated/α-hetero) is 2. The average Bonchev–Trinajstić information content (AvgIpc) is 2.88. The first-order chi connectivity index (χ1) is 20.5. The number of aliphatic carboxylic acids is 3. The molecule has 3 aliphatic rings. The van der Waals surface area contributed by atoms with Crippen molar-refractivity contribution in [1.29, 1.82) is 0 Å². The summed E-state index contributed by atoms with van der Waals surface area (Å²) in [7, 11) is 3.01. The maximum Gasteiger partial charge on any atom is 0.255 e. The number of phenolic OH excluding ortho intramolecular Hbond substituents is 1. The predicted molar refractivity (Wildman–Crippen MR) is 139 cm³/mol. The van der Waals surface area contributed by atoms with Crippen molar-refractivity contribution in [2.24, 2.45) is 17.6 Å². The first-order valence-corrected chi connectivity index (χ1v) is 13.1. The SMILES string of the molecule is CN(C)[C@@H]1C(=O)C(C(N)=O)=C(O)[C@@]2(O)C(=O)C3=C(O)c4c(O)cccc4[C@@](C)(O)[C@H]3C[C@@H]12.O=C([O-])CC(O)(CC(=O)[O-])C(=O)[O-]. The Labute approximate surface area is 253 Å². The van der Waals surface area contributed by atoms with Crippen LogP contribution in [0.25, 0.3) is 5.76 Å². The molecule has 0 spiro atoms. The molecule has 0 aromatic heterocycles. The van der Waals surface area contributed by atoms with E-state index in [1.54, 1.807) is 0 Å². The van der Waals surface area contributed by atoms with Crippen LogP contribution in [0.3, 0.4) is 0 Å². The third-order valence-corrected chi connectivity index (χ3v) is 8.27. The number of hydrogen-bond donors (Lipinski definition) is 7. The lowest BCUT2D eigenvalue weighted by Gasteiger charge is -2.53. The van der Waals surface area contributed by atoms with Gasteiger partial charge in [-0.1, -0.05) is 12.1 Å². The third kappa shape index (κ3) is 5.50. The van der Waals surface area contributed by atoms with Gasteiger partial charge in [0.25, 0.3) is 5.91 Å². The lowest BCUT2D eigenvalue weighted by Crippen LogP contribution is -2.67. The highest BCUT2D eigenvalue weighted by Gasteiger charge is 2.66. The molecule has 0 aliphatic heterocycles. The molecule has 0 unspecified atom stereocenters. The summed E-state index contributed by atoms with van der Waals surface area (Å²) in [6.45, 7) is 1.40. The normalized spacial score (nSPS) is 27.6. The van der Waals surface area contributed by atoms with Gasteiger partial charge >= 0.3 is 0 Å². The van der Waals surface area contributed by atoms with Crippen LogP contribution in [0.5, 0.6) is 5.75 Å². The van der Waals surface area contributed by atoms with Gasteiger partial charge < -0.3 is 66.1 Å². The first-order valence-electron chi connectivity index (χ1n) is 13.1. The van der Waals surface area contributed by atoms with Crippen LogP contribution in [0, 0.1) is 11.8 Å². The van der Waals surface area contributed by atoms with Crippen LogP contribution in [0.4, 0.5) is 0 Å². The number of nitrogens with two attached hydrogens (primary N) is 1. The number of nitrogens with zero attached hydrogens (tertiary/aromatic N) is 1. The number of carbonyl (C=O) groups is 6. The van der Waals surface area contributed by atoms with Gasteiger partial charge in [0.15, 0.2) is 11.4 Å². The molecule has 1 aromatic carbocycles. The largest absolute Gasteiger partial charge is 0.550 e. The molecule has 1 saturated carbocycles. The van der Waals surface area contributed by atoms with Gasteiger partial charge in [0.1, 0.15) is 28.4 Å². The number of benzene rings is 1. The fraction of sp³-hybridized carbons (Fsp3) is 0.429. The van der Waals surface area contributed by atoms with E-state index < -0.39 is 111 Å². The summed E-state index contributed by atoms with van der Waals surface area (Å²) in [5, 5.41) is 93.8. The van der Waals surface area contributed by atoms with E-state index >= 15 is 0 Å². The number of fused-ring (bicyclic) bond motifs is 3. The molecule has 0 saturated heterocycles. The van der Waals surface area contributed by atoms with E-state index in [1.165, 1.54) is 44.1 Å². The quantitative estimate of drug-likeness (QED) is 0.138. The molecule has 244 valence electrons. The second-order valence-corrected chi connectivity index (χ2v) is 11.4. The molecule has 45 heavy (non-hydrogen) atoms. The number of ketones is 2. The Hall–Kier alpha value is -4.84. The number of hydrogen-bond acceptors (Lipinski definition) is 16. The highest BCUT2D eigenvalue weighted by Crippen LogP contribution is 2.57. The van der Waals surface area contributed by atoms with E-state index in [9.17, 15) is 69.6 Å². The molecule has 5 atom stereocenters. The average molecular weight is 634 g/mol. The van der Waals surface area contributed by atoms with Crippen molar-refractivity contribution in [3.63, 3.8) is 0 Å². The molecule has 1 aromatic rings. The fourth-order valence-corrected chi connectivity index (χ4v) is 6.19. The van der Waals surface area contributed by atoms with Crippen molar-refractivity contribution in [3.8, 4) is 5.75 Å². The van der Waals surface area contributed by atoms with Crippen molar-refractivity contribution in [1.82, 2.24) is 4.90 Å². The molecule has 4 rings (SSSR count). The molecule has 0 radical (unpaired) electrons. The Balaban J connectivity index is 0.000000360. The topological polar surface area (TPSA) is 322 Å². The summed E-state index contributed by atoms with van der Waals surface area (Å²) < 4.78 is 0. The number of carboxylic acid groups (broad SMARTS) is 3. The Kier molecular flexibility index (Phi) is 8.92. The van der Waals surface area contributed by atoms with E-state index in [4.69, 9.17) is 10.8 Å². The number of phenols is 1. The summed E-state index contributed by atoms with van der Waals surface area (Å²) in [5.74, 6) is -13.9. The number of carboxylic acids is 3. The monoisotopic (exact) mass is 633 g/mol. The number of aliphatic hydroxyl groups is 5. The van der Waals surface area contributed by atoms with E-state index in [1.807, 2.05) is 0 Å².